The molecule has 3 fully saturated rings. The minimum Gasteiger partial charge on any atom is -0.310 e. The molecule has 0 unspecified atom stereocenters. The molecule has 6 rings (SSSR count). The van der Waals surface area contributed by atoms with Crippen molar-refractivity contribution in [1.82, 2.24) is 4.90 Å². The smallest absolute Gasteiger partial charge is 0.253 e. The van der Waals surface area contributed by atoms with Crippen LogP contribution in [0.15, 0.2) is 48.5 Å². The molecule has 0 radical (unpaired) electrons. The number of likely N-dealkylation sites (N-methyl/N-ethyl adjacent to an activating group) is 1. The second kappa shape index (κ2) is 6.23. The molecule has 4 aliphatic rings. The van der Waals surface area contributed by atoms with E-state index in [-0.39, 0.29) is 17.6 Å². The number of halogens is 1. The zero-order valence-electron chi connectivity index (χ0n) is 17.1. The van der Waals surface area contributed by atoms with Gasteiger partial charge in [0.1, 0.15) is 11.4 Å². The van der Waals surface area contributed by atoms with E-state index in [0.29, 0.717) is 13.1 Å². The molecule has 31 heavy (non-hydrogen) atoms. The fourth-order valence-corrected chi connectivity index (χ4v) is 6.52. The van der Waals surface area contributed by atoms with Gasteiger partial charge in [-0.1, -0.05) is 30.3 Å². The van der Waals surface area contributed by atoms with Crippen molar-refractivity contribution in [2.24, 2.45) is 11.8 Å². The Morgan fingerprint density at radius 3 is 2.45 bits per heavy atom. The van der Waals surface area contributed by atoms with Crippen molar-refractivity contribution in [3.8, 4) is 0 Å². The van der Waals surface area contributed by atoms with Crippen LogP contribution in [-0.2, 0) is 19.9 Å². The van der Waals surface area contributed by atoms with E-state index in [1.807, 2.05) is 31.2 Å². The van der Waals surface area contributed by atoms with Gasteiger partial charge < -0.3 is 4.90 Å². The fraction of sp³-hybridized carbons (Fsp3) is 0.375. The predicted octanol–water partition coefficient (Wildman–Crippen LogP) is 2.67. The molecule has 0 aromatic heterocycles. The Morgan fingerprint density at radius 1 is 1.00 bits per heavy atom. The lowest BCUT2D eigenvalue weighted by Crippen LogP contribution is -2.56. The molecule has 0 saturated carbocycles. The van der Waals surface area contributed by atoms with Crippen molar-refractivity contribution in [2.45, 2.75) is 31.3 Å². The van der Waals surface area contributed by atoms with Gasteiger partial charge in [-0.05, 0) is 44.5 Å². The van der Waals surface area contributed by atoms with Gasteiger partial charge in [0.05, 0.1) is 17.5 Å². The fourth-order valence-electron chi connectivity index (χ4n) is 6.52. The molecule has 4 heterocycles. The number of hydrogen-bond acceptors (Lipinski definition) is 4. The molecule has 2 aromatic carbocycles. The van der Waals surface area contributed by atoms with E-state index >= 15 is 0 Å². The SMILES string of the molecule is CCN1C(=O)[C@@]2(c3ccccc31)[C@@H]1C(=O)N(c3ccccc3F)C(=O)[C@@H]1[C@@H]1CCCN12. The lowest BCUT2D eigenvalue weighted by Gasteiger charge is -2.37. The summed E-state index contributed by atoms with van der Waals surface area (Å²) in [7, 11) is 0. The van der Waals surface area contributed by atoms with Crippen LogP contribution in [-0.4, -0.2) is 41.8 Å². The van der Waals surface area contributed by atoms with Gasteiger partial charge in [-0.15, -0.1) is 0 Å². The van der Waals surface area contributed by atoms with Crippen LogP contribution in [0.3, 0.4) is 0 Å². The molecule has 2 aromatic rings. The predicted molar refractivity (Wildman–Crippen MR) is 112 cm³/mol. The number of para-hydroxylation sites is 2. The maximum Gasteiger partial charge on any atom is 0.253 e. The number of carbonyl (C=O) groups is 3. The van der Waals surface area contributed by atoms with Gasteiger partial charge in [0, 0.05) is 23.8 Å². The van der Waals surface area contributed by atoms with E-state index in [0.717, 1.165) is 29.0 Å². The van der Waals surface area contributed by atoms with Crippen LogP contribution in [0.2, 0.25) is 0 Å². The zero-order valence-corrected chi connectivity index (χ0v) is 17.1. The summed E-state index contributed by atoms with van der Waals surface area (Å²) in [6.07, 6.45) is 1.60. The van der Waals surface area contributed by atoms with Crippen molar-refractivity contribution in [3.63, 3.8) is 0 Å². The first kappa shape index (κ1) is 18.7. The maximum absolute atomic E-state index is 14.6. The van der Waals surface area contributed by atoms with Crippen LogP contribution in [0, 0.1) is 17.7 Å². The summed E-state index contributed by atoms with van der Waals surface area (Å²) in [6, 6.07) is 13.2. The Morgan fingerprint density at radius 2 is 1.71 bits per heavy atom. The summed E-state index contributed by atoms with van der Waals surface area (Å²) < 4.78 is 14.6. The lowest BCUT2D eigenvalue weighted by atomic mass is 9.75. The van der Waals surface area contributed by atoms with Crippen LogP contribution < -0.4 is 9.80 Å². The molecule has 3 saturated heterocycles. The molecule has 0 bridgehead atoms. The van der Waals surface area contributed by atoms with Gasteiger partial charge in [0.25, 0.3) is 5.91 Å². The monoisotopic (exact) mass is 419 g/mol. The highest BCUT2D eigenvalue weighted by molar-refractivity contribution is 6.26. The Kier molecular flexibility index (Phi) is 3.76. The Labute approximate surface area is 179 Å². The van der Waals surface area contributed by atoms with Crippen LogP contribution in [0.4, 0.5) is 15.8 Å². The van der Waals surface area contributed by atoms with Crippen molar-refractivity contribution in [2.75, 3.05) is 22.9 Å². The van der Waals surface area contributed by atoms with Crippen LogP contribution in [0.1, 0.15) is 25.3 Å². The van der Waals surface area contributed by atoms with Crippen LogP contribution in [0.25, 0.3) is 0 Å². The van der Waals surface area contributed by atoms with E-state index in [1.54, 1.807) is 11.0 Å². The van der Waals surface area contributed by atoms with Gasteiger partial charge in [-0.3, -0.25) is 19.3 Å². The zero-order chi connectivity index (χ0) is 21.5. The first-order valence-electron chi connectivity index (χ1n) is 10.8. The highest BCUT2D eigenvalue weighted by Gasteiger charge is 2.75. The van der Waals surface area contributed by atoms with Gasteiger partial charge >= 0.3 is 0 Å². The van der Waals surface area contributed by atoms with Crippen molar-refractivity contribution < 1.29 is 18.8 Å². The lowest BCUT2D eigenvalue weighted by molar-refractivity contribution is -0.137. The quantitative estimate of drug-likeness (QED) is 0.703. The molecular formula is C24H22FN3O3. The number of imide groups is 1. The van der Waals surface area contributed by atoms with E-state index in [4.69, 9.17) is 0 Å². The van der Waals surface area contributed by atoms with Crippen molar-refractivity contribution in [3.05, 3.63) is 59.9 Å². The number of benzene rings is 2. The first-order chi connectivity index (χ1) is 15.0. The summed E-state index contributed by atoms with van der Waals surface area (Å²) in [5.74, 6) is -3.13. The minimum absolute atomic E-state index is 0.0299. The molecule has 7 heteroatoms. The summed E-state index contributed by atoms with van der Waals surface area (Å²) in [6.45, 7) is 3.05. The van der Waals surface area contributed by atoms with Gasteiger partial charge in [0.15, 0.2) is 0 Å². The molecule has 4 atom stereocenters. The molecule has 158 valence electrons. The number of carbonyl (C=O) groups excluding carboxylic acids is 3. The van der Waals surface area contributed by atoms with E-state index in [9.17, 15) is 18.8 Å². The van der Waals surface area contributed by atoms with Crippen LogP contribution in [0.5, 0.6) is 0 Å². The number of hydrogen-bond donors (Lipinski definition) is 0. The third kappa shape index (κ3) is 2.03. The third-order valence-corrected chi connectivity index (χ3v) is 7.55. The largest absolute Gasteiger partial charge is 0.310 e. The minimum atomic E-state index is -1.20. The highest BCUT2D eigenvalue weighted by Crippen LogP contribution is 2.61. The Hall–Kier alpha value is -3.06. The number of rotatable bonds is 2. The van der Waals surface area contributed by atoms with E-state index < -0.39 is 35.0 Å². The molecule has 6 nitrogen and oxygen atoms in total. The molecule has 3 amide bonds. The average Bonchev–Trinajstić information content (AvgIpc) is 3.47. The second-order valence-electron chi connectivity index (χ2n) is 8.70. The van der Waals surface area contributed by atoms with Gasteiger partial charge in [0.2, 0.25) is 11.8 Å². The molecular weight excluding hydrogens is 397 g/mol. The Bertz CT molecular complexity index is 1150. The Balaban J connectivity index is 1.59. The standard InChI is InChI=1S/C24H22FN3O3/c1-2-26-16-10-5-3-8-14(16)24(23(26)31)20-19(18-12-7-13-27(18)24)21(29)28(22(20)30)17-11-6-4-9-15(17)25/h3-6,8-11,18-20H,2,7,12-13H2,1H3/t18-,19+,20-,24+/m0/s1. The van der Waals surface area contributed by atoms with Gasteiger partial charge in [-0.2, -0.15) is 0 Å². The van der Waals surface area contributed by atoms with Crippen molar-refractivity contribution >= 4 is 29.1 Å². The van der Waals surface area contributed by atoms with E-state index in [1.165, 1.54) is 18.2 Å². The third-order valence-electron chi connectivity index (χ3n) is 7.55. The second-order valence-corrected chi connectivity index (χ2v) is 8.70. The topological polar surface area (TPSA) is 60.9 Å². The van der Waals surface area contributed by atoms with Crippen LogP contribution >= 0.6 is 0 Å². The molecule has 0 N–H and O–H groups in total. The molecule has 0 aliphatic carbocycles. The maximum atomic E-state index is 14.6. The average molecular weight is 419 g/mol. The summed E-state index contributed by atoms with van der Waals surface area (Å²) in [5.41, 5.74) is 0.354. The number of nitrogens with zero attached hydrogens (tertiary/aromatic N) is 3. The highest BCUT2D eigenvalue weighted by atomic mass is 19.1. The summed E-state index contributed by atoms with van der Waals surface area (Å²) in [5, 5.41) is 0. The van der Waals surface area contributed by atoms with Crippen molar-refractivity contribution in [1.29, 1.82) is 0 Å². The first-order valence-corrected chi connectivity index (χ1v) is 10.8. The van der Waals surface area contributed by atoms with Gasteiger partial charge in [-0.25, -0.2) is 9.29 Å². The summed E-state index contributed by atoms with van der Waals surface area (Å²) in [4.78, 5) is 46.2. The number of amides is 3. The normalized spacial score (nSPS) is 31.7. The number of fused-ring (bicyclic) bond motifs is 7. The van der Waals surface area contributed by atoms with E-state index in [2.05, 4.69) is 4.90 Å². The number of anilines is 2. The molecule has 1 spiro atoms. The summed E-state index contributed by atoms with van der Waals surface area (Å²) >= 11 is 0. The molecule has 4 aliphatic heterocycles.